The Balaban J connectivity index is 1.91. The van der Waals surface area contributed by atoms with Crippen LogP contribution >= 0.6 is 0 Å². The Labute approximate surface area is 155 Å². The summed E-state index contributed by atoms with van der Waals surface area (Å²) >= 11 is 0. The van der Waals surface area contributed by atoms with Gasteiger partial charge in [0.2, 0.25) is 0 Å². The molecule has 0 fully saturated rings. The average molecular weight is 346 g/mol. The van der Waals surface area contributed by atoms with Crippen LogP contribution in [0.15, 0.2) is 58.5 Å². The van der Waals surface area contributed by atoms with Gasteiger partial charge in [0.05, 0.1) is 24.8 Å². The minimum atomic E-state index is 0.114. The van der Waals surface area contributed by atoms with Gasteiger partial charge >= 0.3 is 0 Å². The van der Waals surface area contributed by atoms with Crippen molar-refractivity contribution in [2.24, 2.45) is 9.98 Å². The molecular formula is C22H26N4. The largest absolute Gasteiger partial charge is 0.369 e. The van der Waals surface area contributed by atoms with Gasteiger partial charge in [-0.25, -0.2) is 0 Å². The zero-order chi connectivity index (χ0) is 18.3. The summed E-state index contributed by atoms with van der Waals surface area (Å²) in [6, 6.07) is 17.9. The number of fused-ring (bicyclic) bond motifs is 1. The second-order valence-electron chi connectivity index (χ2n) is 7.65. The maximum absolute atomic E-state index is 4.99. The molecule has 2 bridgehead atoms. The predicted octanol–water partition coefficient (Wildman–Crippen LogP) is 3.19. The van der Waals surface area contributed by atoms with E-state index in [2.05, 4.69) is 48.5 Å². The molecule has 0 amide bonds. The van der Waals surface area contributed by atoms with E-state index in [0.717, 1.165) is 0 Å². The highest BCUT2D eigenvalue weighted by Crippen LogP contribution is 2.54. The summed E-state index contributed by atoms with van der Waals surface area (Å²) in [4.78, 5) is 14.0. The Hall–Kier alpha value is -2.62. The van der Waals surface area contributed by atoms with Crippen molar-refractivity contribution in [3.8, 4) is 0 Å². The van der Waals surface area contributed by atoms with Gasteiger partial charge in [-0.1, -0.05) is 48.5 Å². The van der Waals surface area contributed by atoms with Crippen LogP contribution in [0.25, 0.3) is 0 Å². The maximum Gasteiger partial charge on any atom is 0.0859 e. The van der Waals surface area contributed by atoms with Gasteiger partial charge < -0.3 is 9.80 Å². The first kappa shape index (κ1) is 16.8. The lowest BCUT2D eigenvalue weighted by Gasteiger charge is -2.47. The van der Waals surface area contributed by atoms with Gasteiger partial charge in [0.1, 0.15) is 0 Å². The summed E-state index contributed by atoms with van der Waals surface area (Å²) in [6.07, 6.45) is 3.88. The van der Waals surface area contributed by atoms with E-state index in [9.17, 15) is 0 Å². The van der Waals surface area contributed by atoms with E-state index >= 15 is 0 Å². The van der Waals surface area contributed by atoms with Gasteiger partial charge in [-0.3, -0.25) is 9.98 Å². The highest BCUT2D eigenvalue weighted by molar-refractivity contribution is 5.63. The Bertz CT molecular complexity index is 735. The van der Waals surface area contributed by atoms with Gasteiger partial charge in [0, 0.05) is 40.0 Å². The molecule has 0 radical (unpaired) electrons. The van der Waals surface area contributed by atoms with Crippen molar-refractivity contribution in [3.05, 3.63) is 70.8 Å². The van der Waals surface area contributed by atoms with Gasteiger partial charge in [-0.15, -0.1) is 0 Å². The lowest BCUT2D eigenvalue weighted by Crippen LogP contribution is -2.46. The molecule has 3 aliphatic rings. The van der Waals surface area contributed by atoms with Gasteiger partial charge in [-0.05, 0) is 22.3 Å². The molecule has 4 nitrogen and oxygen atoms in total. The van der Waals surface area contributed by atoms with E-state index in [0.29, 0.717) is 0 Å². The monoisotopic (exact) mass is 346 g/mol. The second kappa shape index (κ2) is 6.60. The third-order valence-electron chi connectivity index (χ3n) is 5.30. The quantitative estimate of drug-likeness (QED) is 0.629. The van der Waals surface area contributed by atoms with Crippen LogP contribution in [0.1, 0.15) is 34.1 Å². The lowest BCUT2D eigenvalue weighted by molar-refractivity contribution is 0.385. The Kier molecular flexibility index (Phi) is 4.27. The molecule has 5 rings (SSSR count). The molecule has 0 aliphatic heterocycles. The van der Waals surface area contributed by atoms with Crippen LogP contribution < -0.4 is 0 Å². The van der Waals surface area contributed by atoms with Crippen LogP contribution in [0, 0.1) is 0 Å². The summed E-state index contributed by atoms with van der Waals surface area (Å²) < 4.78 is 0. The van der Waals surface area contributed by atoms with E-state index in [1.165, 1.54) is 22.3 Å². The van der Waals surface area contributed by atoms with Gasteiger partial charge in [0.25, 0.3) is 0 Å². The summed E-state index contributed by atoms with van der Waals surface area (Å²) in [5.41, 5.74) is 5.64. The molecule has 0 unspecified atom stereocenters. The van der Waals surface area contributed by atoms with Gasteiger partial charge in [0.15, 0.2) is 0 Å². The second-order valence-corrected chi connectivity index (χ2v) is 7.65. The predicted molar refractivity (Wildman–Crippen MR) is 109 cm³/mol. The molecule has 0 saturated carbocycles. The number of hydrogen-bond acceptors (Lipinski definition) is 2. The molecule has 3 aliphatic carbocycles. The summed E-state index contributed by atoms with van der Waals surface area (Å²) in [6.45, 7) is 0. The maximum atomic E-state index is 4.99. The fourth-order valence-electron chi connectivity index (χ4n) is 4.39. The van der Waals surface area contributed by atoms with Crippen molar-refractivity contribution in [2.75, 3.05) is 28.2 Å². The van der Waals surface area contributed by atoms with E-state index in [1.807, 2.05) is 50.7 Å². The van der Waals surface area contributed by atoms with E-state index in [1.54, 1.807) is 0 Å². The Morgan fingerprint density at radius 1 is 0.615 bits per heavy atom. The molecule has 26 heavy (non-hydrogen) atoms. The van der Waals surface area contributed by atoms with E-state index in [4.69, 9.17) is 9.98 Å². The van der Waals surface area contributed by atoms with Crippen LogP contribution in [-0.2, 0) is 0 Å². The van der Waals surface area contributed by atoms with Crippen molar-refractivity contribution >= 4 is 12.7 Å². The Morgan fingerprint density at radius 2 is 0.923 bits per heavy atom. The van der Waals surface area contributed by atoms with E-state index in [-0.39, 0.29) is 23.9 Å². The minimum absolute atomic E-state index is 0.114. The highest BCUT2D eigenvalue weighted by Gasteiger charge is 2.49. The molecule has 2 atom stereocenters. The molecule has 2 aromatic rings. The molecule has 0 aromatic heterocycles. The molecule has 2 aromatic carbocycles. The fourth-order valence-corrected chi connectivity index (χ4v) is 4.39. The number of hydrogen-bond donors (Lipinski definition) is 0. The fraction of sp³-hybridized carbons (Fsp3) is 0.364. The van der Waals surface area contributed by atoms with Crippen LogP contribution in [-0.4, -0.2) is 62.8 Å². The van der Waals surface area contributed by atoms with Crippen LogP contribution in [0.5, 0.6) is 0 Å². The molecule has 0 saturated heterocycles. The third kappa shape index (κ3) is 2.70. The molecule has 0 N–H and O–H groups in total. The van der Waals surface area contributed by atoms with Crippen LogP contribution in [0.3, 0.4) is 0 Å². The number of aliphatic imine (C=N–C) groups is 2. The molecular weight excluding hydrogens is 320 g/mol. The van der Waals surface area contributed by atoms with Crippen molar-refractivity contribution in [1.29, 1.82) is 0 Å². The number of benzene rings is 2. The van der Waals surface area contributed by atoms with Crippen molar-refractivity contribution in [3.63, 3.8) is 0 Å². The average Bonchev–Trinajstić information content (AvgIpc) is 2.64. The smallest absolute Gasteiger partial charge is 0.0859 e. The summed E-state index contributed by atoms with van der Waals surface area (Å²) in [5, 5.41) is 0. The van der Waals surface area contributed by atoms with Crippen molar-refractivity contribution in [2.45, 2.75) is 23.9 Å². The Morgan fingerprint density at radius 3 is 1.19 bits per heavy atom. The first-order chi connectivity index (χ1) is 12.6. The standard InChI is InChI=1S/C22H26N4/c1-25(2)13-23-21-19-15-9-5-7-11-17(15)20(22(21)24-14-26(3)4)18-12-8-6-10-16(18)19/h5-14,19-22H,1-4H3/t19?,20?,21-,22-/m1/s1. The zero-order valence-corrected chi connectivity index (χ0v) is 15.9. The number of nitrogens with zero attached hydrogens (tertiary/aromatic N) is 4. The lowest BCUT2D eigenvalue weighted by atomic mass is 9.59. The van der Waals surface area contributed by atoms with E-state index < -0.39 is 0 Å². The van der Waals surface area contributed by atoms with Crippen LogP contribution in [0.4, 0.5) is 0 Å². The normalized spacial score (nSPS) is 26.2. The summed E-state index contributed by atoms with van der Waals surface area (Å²) in [5.74, 6) is 0.515. The zero-order valence-electron chi connectivity index (χ0n) is 15.9. The number of rotatable bonds is 4. The van der Waals surface area contributed by atoms with Crippen molar-refractivity contribution in [1.82, 2.24) is 9.80 Å². The summed E-state index contributed by atoms with van der Waals surface area (Å²) in [7, 11) is 8.07. The third-order valence-corrected chi connectivity index (χ3v) is 5.30. The van der Waals surface area contributed by atoms with Gasteiger partial charge in [-0.2, -0.15) is 0 Å². The van der Waals surface area contributed by atoms with Crippen LogP contribution in [0.2, 0.25) is 0 Å². The highest BCUT2D eigenvalue weighted by atomic mass is 15.1. The molecule has 4 heteroatoms. The topological polar surface area (TPSA) is 31.2 Å². The molecule has 134 valence electrons. The minimum Gasteiger partial charge on any atom is -0.369 e. The molecule has 0 spiro atoms. The first-order valence-electron chi connectivity index (χ1n) is 9.15. The first-order valence-corrected chi connectivity index (χ1v) is 9.15. The SMILES string of the molecule is CN(C)C=N[C@@H]1C2c3ccccc3C(c3ccccc32)[C@H]1N=CN(C)C. The molecule has 0 heterocycles. The van der Waals surface area contributed by atoms with Crippen molar-refractivity contribution < 1.29 is 0 Å².